The molecule has 5 atom stereocenters. The molecule has 2 aliphatic carbocycles. The molecule has 0 aromatic rings. The van der Waals surface area contributed by atoms with E-state index in [0.717, 1.165) is 17.9 Å². The van der Waals surface area contributed by atoms with Crippen molar-refractivity contribution in [3.63, 3.8) is 0 Å². The zero-order valence-electron chi connectivity index (χ0n) is 12.1. The first-order valence-corrected chi connectivity index (χ1v) is 7.24. The highest BCUT2D eigenvalue weighted by Crippen LogP contribution is 2.43. The second-order valence-electron chi connectivity index (χ2n) is 7.00. The third-order valence-corrected chi connectivity index (χ3v) is 5.34. The first-order valence-electron chi connectivity index (χ1n) is 7.24. The second kappa shape index (κ2) is 4.89. The molecule has 2 nitrogen and oxygen atoms in total. The maximum atomic E-state index is 5.53. The van der Waals surface area contributed by atoms with Crippen LogP contribution in [-0.2, 0) is 4.74 Å². The molecule has 5 unspecified atom stereocenters. The lowest BCUT2D eigenvalue weighted by molar-refractivity contribution is -0.103. The molecule has 100 valence electrons. The van der Waals surface area contributed by atoms with Crippen LogP contribution in [0.4, 0.5) is 0 Å². The lowest BCUT2D eigenvalue weighted by atomic mass is 9.63. The highest BCUT2D eigenvalue weighted by molar-refractivity contribution is 5.04. The number of ether oxygens (including phenoxy) is 1. The lowest BCUT2D eigenvalue weighted by Gasteiger charge is -2.53. The third-order valence-electron chi connectivity index (χ3n) is 5.34. The van der Waals surface area contributed by atoms with Crippen molar-refractivity contribution >= 4 is 0 Å². The highest BCUT2D eigenvalue weighted by atomic mass is 16.5. The van der Waals surface area contributed by atoms with Crippen LogP contribution >= 0.6 is 0 Å². The summed E-state index contributed by atoms with van der Waals surface area (Å²) >= 11 is 0. The molecule has 2 aliphatic rings. The smallest absolute Gasteiger partial charge is 0.0652 e. The van der Waals surface area contributed by atoms with Crippen LogP contribution in [0, 0.1) is 17.3 Å². The average Bonchev–Trinajstić information content (AvgIpc) is 2.28. The van der Waals surface area contributed by atoms with Crippen LogP contribution in [0.15, 0.2) is 0 Å². The summed E-state index contributed by atoms with van der Waals surface area (Å²) in [7, 11) is 1.84. The van der Waals surface area contributed by atoms with Crippen molar-refractivity contribution < 1.29 is 4.74 Å². The van der Waals surface area contributed by atoms with Gasteiger partial charge in [-0.15, -0.1) is 0 Å². The van der Waals surface area contributed by atoms with Crippen LogP contribution in [0.1, 0.15) is 53.4 Å². The maximum Gasteiger partial charge on any atom is 0.0652 e. The number of nitrogens with one attached hydrogen (secondary N) is 1. The predicted octanol–water partition coefficient (Wildman–Crippen LogP) is 3.21. The van der Waals surface area contributed by atoms with Crippen molar-refractivity contribution in [3.05, 3.63) is 0 Å². The molecule has 17 heavy (non-hydrogen) atoms. The van der Waals surface area contributed by atoms with E-state index in [1.165, 1.54) is 25.7 Å². The van der Waals surface area contributed by atoms with E-state index in [1.54, 1.807) is 0 Å². The molecule has 1 N–H and O–H groups in total. The van der Waals surface area contributed by atoms with Gasteiger partial charge in [0.2, 0.25) is 0 Å². The largest absolute Gasteiger partial charge is 0.381 e. The Morgan fingerprint density at radius 2 is 1.82 bits per heavy atom. The summed E-state index contributed by atoms with van der Waals surface area (Å²) in [4.78, 5) is 0. The summed E-state index contributed by atoms with van der Waals surface area (Å²) in [5.41, 5.74) is 0.301. The first-order chi connectivity index (χ1) is 7.95. The molecule has 0 bridgehead atoms. The molecule has 2 saturated carbocycles. The second-order valence-corrected chi connectivity index (χ2v) is 7.00. The maximum absolute atomic E-state index is 5.53. The minimum Gasteiger partial charge on any atom is -0.381 e. The van der Waals surface area contributed by atoms with Crippen LogP contribution in [0.25, 0.3) is 0 Å². The van der Waals surface area contributed by atoms with Crippen LogP contribution in [0.3, 0.4) is 0 Å². The van der Waals surface area contributed by atoms with Gasteiger partial charge in [0.1, 0.15) is 0 Å². The highest BCUT2D eigenvalue weighted by Gasteiger charge is 2.49. The van der Waals surface area contributed by atoms with Crippen LogP contribution in [0.2, 0.25) is 0 Å². The van der Waals surface area contributed by atoms with Gasteiger partial charge in [-0.3, -0.25) is 0 Å². The van der Waals surface area contributed by atoms with Crippen molar-refractivity contribution in [3.8, 4) is 0 Å². The predicted molar refractivity (Wildman–Crippen MR) is 72.1 cm³/mol. The zero-order chi connectivity index (χ0) is 12.6. The Balaban J connectivity index is 1.89. The Labute approximate surface area is 107 Å². The van der Waals surface area contributed by atoms with E-state index in [4.69, 9.17) is 4.74 Å². The van der Waals surface area contributed by atoms with Crippen LogP contribution in [0.5, 0.6) is 0 Å². The fourth-order valence-electron chi connectivity index (χ4n) is 3.59. The van der Waals surface area contributed by atoms with E-state index in [9.17, 15) is 0 Å². The summed E-state index contributed by atoms with van der Waals surface area (Å²) in [6.07, 6.45) is 5.77. The van der Waals surface area contributed by atoms with Gasteiger partial charge in [-0.25, -0.2) is 0 Å². The monoisotopic (exact) mass is 239 g/mol. The van der Waals surface area contributed by atoms with Crippen molar-refractivity contribution in [1.82, 2.24) is 5.32 Å². The normalized spacial score (nSPS) is 45.4. The minimum atomic E-state index is 0.301. The molecule has 2 fully saturated rings. The zero-order valence-corrected chi connectivity index (χ0v) is 12.1. The third kappa shape index (κ3) is 2.53. The van der Waals surface area contributed by atoms with E-state index in [1.807, 2.05) is 7.11 Å². The molecule has 0 aromatic heterocycles. The summed E-state index contributed by atoms with van der Waals surface area (Å²) in [5.74, 6) is 1.73. The Morgan fingerprint density at radius 3 is 2.41 bits per heavy atom. The van der Waals surface area contributed by atoms with Crippen LogP contribution in [-0.4, -0.2) is 25.3 Å². The van der Waals surface area contributed by atoms with Gasteiger partial charge in [0.25, 0.3) is 0 Å². The molecular weight excluding hydrogens is 210 g/mol. The lowest BCUT2D eigenvalue weighted by Crippen LogP contribution is -2.63. The molecule has 0 aliphatic heterocycles. The Bertz CT molecular complexity index is 264. The molecule has 0 heterocycles. The standard InChI is InChI=1S/C15H29NO/c1-10-6-7-11(2)12(8-10)16-13-9-14(17-5)15(13,3)4/h10-14,16H,6-9H2,1-5H3. The SMILES string of the molecule is COC1CC(NC2CC(C)CCC2C)C1(C)C. The summed E-state index contributed by atoms with van der Waals surface area (Å²) in [6.45, 7) is 9.46. The average molecular weight is 239 g/mol. The summed E-state index contributed by atoms with van der Waals surface area (Å²) in [6, 6.07) is 1.37. The summed E-state index contributed by atoms with van der Waals surface area (Å²) in [5, 5.41) is 3.91. The van der Waals surface area contributed by atoms with Gasteiger partial charge >= 0.3 is 0 Å². The van der Waals surface area contributed by atoms with Gasteiger partial charge in [-0.2, -0.15) is 0 Å². The Morgan fingerprint density at radius 1 is 1.12 bits per heavy atom. The van der Waals surface area contributed by atoms with Crippen molar-refractivity contribution in [1.29, 1.82) is 0 Å². The molecule has 2 rings (SSSR count). The van der Waals surface area contributed by atoms with Crippen molar-refractivity contribution in [2.75, 3.05) is 7.11 Å². The van der Waals surface area contributed by atoms with E-state index in [0.29, 0.717) is 17.6 Å². The number of methoxy groups -OCH3 is 1. The summed E-state index contributed by atoms with van der Waals surface area (Å²) < 4.78 is 5.53. The Hall–Kier alpha value is -0.0800. The van der Waals surface area contributed by atoms with Crippen LogP contribution < -0.4 is 5.32 Å². The molecular formula is C15H29NO. The van der Waals surface area contributed by atoms with Gasteiger partial charge < -0.3 is 10.1 Å². The molecule has 0 saturated heterocycles. The van der Waals surface area contributed by atoms with E-state index >= 15 is 0 Å². The number of hydrogen-bond acceptors (Lipinski definition) is 2. The molecule has 0 aromatic carbocycles. The fourth-order valence-corrected chi connectivity index (χ4v) is 3.59. The quantitative estimate of drug-likeness (QED) is 0.816. The van der Waals surface area contributed by atoms with Crippen molar-refractivity contribution in [2.45, 2.75) is 71.6 Å². The van der Waals surface area contributed by atoms with Gasteiger partial charge in [0.05, 0.1) is 6.10 Å². The van der Waals surface area contributed by atoms with Crippen molar-refractivity contribution in [2.24, 2.45) is 17.3 Å². The Kier molecular flexibility index (Phi) is 3.84. The van der Waals surface area contributed by atoms with E-state index < -0.39 is 0 Å². The van der Waals surface area contributed by atoms with Gasteiger partial charge in [0.15, 0.2) is 0 Å². The van der Waals surface area contributed by atoms with Gasteiger partial charge in [0, 0.05) is 24.6 Å². The first kappa shape index (κ1) is 13.4. The number of rotatable bonds is 3. The molecule has 2 heteroatoms. The number of hydrogen-bond donors (Lipinski definition) is 1. The molecule has 0 radical (unpaired) electrons. The topological polar surface area (TPSA) is 21.3 Å². The van der Waals surface area contributed by atoms with E-state index in [-0.39, 0.29) is 0 Å². The van der Waals surface area contributed by atoms with Gasteiger partial charge in [-0.05, 0) is 31.1 Å². The van der Waals surface area contributed by atoms with Gasteiger partial charge in [-0.1, -0.05) is 34.1 Å². The molecule has 0 spiro atoms. The fraction of sp³-hybridized carbons (Fsp3) is 1.00. The van der Waals surface area contributed by atoms with E-state index in [2.05, 4.69) is 33.0 Å². The molecule has 0 amide bonds. The minimum absolute atomic E-state index is 0.301.